The first-order valence-electron chi connectivity index (χ1n) is 10.6. The predicted molar refractivity (Wildman–Crippen MR) is 130 cm³/mol. The number of aryl methyl sites for hydroxylation is 1. The number of nitrogens with zero attached hydrogens (tertiary/aromatic N) is 1. The molecule has 0 saturated heterocycles. The lowest BCUT2D eigenvalue weighted by Crippen LogP contribution is -2.46. The number of carboxylic acids is 1. The molecule has 0 saturated carbocycles. The van der Waals surface area contributed by atoms with Gasteiger partial charge in [-0.25, -0.2) is 9.59 Å². The summed E-state index contributed by atoms with van der Waals surface area (Å²) in [5, 5.41) is 20.0. The van der Waals surface area contributed by atoms with Crippen molar-refractivity contribution in [1.29, 1.82) is 0 Å². The number of aliphatic hydroxyl groups is 1. The quantitative estimate of drug-likeness (QED) is 0.282. The Morgan fingerprint density at radius 3 is 2.22 bits per heavy atom. The number of hydrogen-bond donors (Lipinski definition) is 2. The van der Waals surface area contributed by atoms with Crippen LogP contribution in [0.3, 0.4) is 0 Å². The van der Waals surface area contributed by atoms with E-state index in [1.54, 1.807) is 0 Å². The van der Waals surface area contributed by atoms with Crippen LogP contribution in [0.1, 0.15) is 34.3 Å². The van der Waals surface area contributed by atoms with Gasteiger partial charge in [0.1, 0.15) is 11.5 Å². The minimum Gasteiger partial charge on any atom is -0.478 e. The molecule has 194 valence electrons. The van der Waals surface area contributed by atoms with E-state index in [-0.39, 0.29) is 43.8 Å². The number of aromatic carboxylic acids is 1. The van der Waals surface area contributed by atoms with Gasteiger partial charge in [0.2, 0.25) is 0 Å². The van der Waals surface area contributed by atoms with E-state index in [1.165, 1.54) is 56.4 Å². The molecular formula is C25H18Cl2F3NO6. The fourth-order valence-corrected chi connectivity index (χ4v) is 4.62. The number of carboxylic acid groups (broad SMARTS) is 1. The van der Waals surface area contributed by atoms with Gasteiger partial charge >= 0.3 is 17.9 Å². The number of halogens is 5. The van der Waals surface area contributed by atoms with E-state index in [0.29, 0.717) is 0 Å². The molecular weight excluding hydrogens is 538 g/mol. The second-order valence-electron chi connectivity index (χ2n) is 8.33. The topological polar surface area (TPSA) is 102 Å². The lowest BCUT2D eigenvalue weighted by Gasteiger charge is -2.37. The number of rotatable bonds is 6. The molecule has 4 aromatic rings. The molecule has 0 bridgehead atoms. The van der Waals surface area contributed by atoms with Gasteiger partial charge in [0.15, 0.2) is 11.2 Å². The van der Waals surface area contributed by atoms with Crippen molar-refractivity contribution < 1.29 is 37.3 Å². The zero-order valence-corrected chi connectivity index (χ0v) is 20.6. The van der Waals surface area contributed by atoms with E-state index in [2.05, 4.69) is 0 Å². The predicted octanol–water partition coefficient (Wildman–Crippen LogP) is 6.48. The minimum atomic E-state index is -5.12. The average Bonchev–Trinajstić information content (AvgIpc) is 3.10. The van der Waals surface area contributed by atoms with E-state index < -0.39 is 35.0 Å². The fourth-order valence-electron chi connectivity index (χ4n) is 4.04. The summed E-state index contributed by atoms with van der Waals surface area (Å²) in [5.74, 6) is -3.24. The Kier molecular flexibility index (Phi) is 6.78. The molecule has 0 spiro atoms. The largest absolute Gasteiger partial charge is 0.478 e. The van der Waals surface area contributed by atoms with Crippen molar-refractivity contribution in [2.75, 3.05) is 0 Å². The highest BCUT2D eigenvalue weighted by atomic mass is 35.5. The summed E-state index contributed by atoms with van der Waals surface area (Å²) in [6.45, 7) is 1.18. The van der Waals surface area contributed by atoms with Gasteiger partial charge in [-0.05, 0) is 47.5 Å². The van der Waals surface area contributed by atoms with Gasteiger partial charge in [-0.2, -0.15) is 13.2 Å². The molecule has 0 amide bonds. The van der Waals surface area contributed by atoms with Crippen LogP contribution in [0.4, 0.5) is 13.2 Å². The van der Waals surface area contributed by atoms with Crippen LogP contribution in [0.2, 0.25) is 10.0 Å². The van der Waals surface area contributed by atoms with Gasteiger partial charge in [-0.1, -0.05) is 42.3 Å². The first-order chi connectivity index (χ1) is 17.2. The highest BCUT2D eigenvalue weighted by Crippen LogP contribution is 2.50. The van der Waals surface area contributed by atoms with Crippen LogP contribution >= 0.6 is 23.2 Å². The van der Waals surface area contributed by atoms with Crippen LogP contribution in [0.5, 0.6) is 11.5 Å². The SMILES string of the molecule is C[C@H](c1ccc(Oc2ccc(C(=O)O)c(Cl)c2)cc1Cl)[C@@](O)(c1ccc2oc(=O)n(C)c2c1)C(F)(F)F. The van der Waals surface area contributed by atoms with E-state index >= 15 is 0 Å². The molecule has 0 aliphatic rings. The molecule has 12 heteroatoms. The monoisotopic (exact) mass is 555 g/mol. The Hall–Kier alpha value is -3.47. The molecule has 0 unspecified atom stereocenters. The Morgan fingerprint density at radius 2 is 1.65 bits per heavy atom. The standard InChI is InChI=1S/C25H18Cl2F3NO6/c1-12(24(35,25(28,29)30)13-3-8-21-20(9-13)31(2)23(34)37-21)16-6-4-14(10-18(16)26)36-15-5-7-17(22(32)33)19(27)11-15/h3-12,35H,1-2H3,(H,32,33)/t12-,24-/m1/s1. The first-order valence-corrected chi connectivity index (χ1v) is 11.4. The molecule has 0 fully saturated rings. The van der Waals surface area contributed by atoms with Crippen LogP contribution in [0.15, 0.2) is 63.8 Å². The van der Waals surface area contributed by atoms with Crippen LogP contribution in [0, 0.1) is 0 Å². The lowest BCUT2D eigenvalue weighted by atomic mass is 9.77. The molecule has 2 atom stereocenters. The first kappa shape index (κ1) is 26.6. The van der Waals surface area contributed by atoms with E-state index in [0.717, 1.165) is 16.7 Å². The van der Waals surface area contributed by atoms with Crippen molar-refractivity contribution in [1.82, 2.24) is 4.57 Å². The number of hydrogen-bond acceptors (Lipinski definition) is 5. The Morgan fingerprint density at radius 1 is 1.03 bits per heavy atom. The second-order valence-corrected chi connectivity index (χ2v) is 9.14. The summed E-state index contributed by atoms with van der Waals surface area (Å²) in [5.41, 5.74) is -3.86. The highest BCUT2D eigenvalue weighted by molar-refractivity contribution is 6.33. The van der Waals surface area contributed by atoms with Gasteiger partial charge in [-0.3, -0.25) is 4.57 Å². The maximum Gasteiger partial charge on any atom is 0.422 e. The van der Waals surface area contributed by atoms with E-state index in [9.17, 15) is 27.9 Å². The van der Waals surface area contributed by atoms with E-state index in [4.69, 9.17) is 37.5 Å². The molecule has 1 aromatic heterocycles. The summed E-state index contributed by atoms with van der Waals surface area (Å²) in [4.78, 5) is 22.9. The van der Waals surface area contributed by atoms with Crippen molar-refractivity contribution >= 4 is 40.3 Å². The number of aromatic nitrogens is 1. The van der Waals surface area contributed by atoms with Crippen LogP contribution < -0.4 is 10.5 Å². The van der Waals surface area contributed by atoms with Gasteiger partial charge < -0.3 is 19.4 Å². The summed E-state index contributed by atoms with van der Waals surface area (Å²) in [6.07, 6.45) is -5.12. The number of ether oxygens (including phenoxy) is 1. The summed E-state index contributed by atoms with van der Waals surface area (Å²) in [6, 6.07) is 11.1. The number of fused-ring (bicyclic) bond motifs is 1. The van der Waals surface area contributed by atoms with Gasteiger partial charge in [0, 0.05) is 24.1 Å². The summed E-state index contributed by atoms with van der Waals surface area (Å²) in [7, 11) is 1.34. The second kappa shape index (κ2) is 9.44. The normalized spacial score (nSPS) is 14.4. The average molecular weight is 556 g/mol. The molecule has 7 nitrogen and oxygen atoms in total. The maximum absolute atomic E-state index is 14.4. The van der Waals surface area contributed by atoms with Crippen LogP contribution in [-0.4, -0.2) is 26.9 Å². The number of carbonyl (C=O) groups is 1. The molecule has 37 heavy (non-hydrogen) atoms. The Labute approximate surface area is 217 Å². The molecule has 3 aromatic carbocycles. The van der Waals surface area contributed by atoms with Crippen molar-refractivity contribution in [3.63, 3.8) is 0 Å². The van der Waals surface area contributed by atoms with Crippen molar-refractivity contribution in [2.24, 2.45) is 7.05 Å². The molecule has 2 N–H and O–H groups in total. The third kappa shape index (κ3) is 4.68. The molecule has 0 radical (unpaired) electrons. The minimum absolute atomic E-state index is 0.0192. The molecule has 0 aliphatic heterocycles. The van der Waals surface area contributed by atoms with Crippen molar-refractivity contribution in [3.05, 3.63) is 91.9 Å². The Balaban J connectivity index is 1.71. The van der Waals surface area contributed by atoms with Crippen LogP contribution in [0.25, 0.3) is 11.1 Å². The number of alkyl halides is 3. The molecule has 4 rings (SSSR count). The number of oxazole rings is 1. The lowest BCUT2D eigenvalue weighted by molar-refractivity contribution is -0.274. The number of benzene rings is 3. The highest BCUT2D eigenvalue weighted by Gasteiger charge is 2.59. The fraction of sp³-hybridized carbons (Fsp3) is 0.200. The summed E-state index contributed by atoms with van der Waals surface area (Å²) < 4.78 is 54.8. The zero-order chi connectivity index (χ0) is 27.3. The van der Waals surface area contributed by atoms with Crippen LogP contribution in [-0.2, 0) is 12.6 Å². The zero-order valence-electron chi connectivity index (χ0n) is 19.1. The van der Waals surface area contributed by atoms with Gasteiger partial charge in [0.05, 0.1) is 16.1 Å². The van der Waals surface area contributed by atoms with Crippen molar-refractivity contribution in [2.45, 2.75) is 24.6 Å². The van der Waals surface area contributed by atoms with Gasteiger partial charge in [-0.15, -0.1) is 0 Å². The third-order valence-electron chi connectivity index (χ3n) is 6.14. The summed E-state index contributed by atoms with van der Waals surface area (Å²) >= 11 is 12.3. The maximum atomic E-state index is 14.4. The smallest absolute Gasteiger partial charge is 0.422 e. The molecule has 1 heterocycles. The molecule has 0 aliphatic carbocycles. The Bertz CT molecular complexity index is 1580. The van der Waals surface area contributed by atoms with Crippen molar-refractivity contribution in [3.8, 4) is 11.5 Å². The van der Waals surface area contributed by atoms with E-state index in [1.807, 2.05) is 0 Å². The van der Waals surface area contributed by atoms with Gasteiger partial charge in [0.25, 0.3) is 0 Å². The third-order valence-corrected chi connectivity index (χ3v) is 6.78.